The number of carbonyl (C=O) groups is 2. The topological polar surface area (TPSA) is 104 Å². The molecule has 1 atom stereocenters. The van der Waals surface area contributed by atoms with Crippen LogP contribution in [0.1, 0.15) is 32.3 Å². The molecule has 0 saturated carbocycles. The second kappa shape index (κ2) is 10.4. The highest BCUT2D eigenvalue weighted by Gasteiger charge is 2.17. The van der Waals surface area contributed by atoms with E-state index in [0.717, 1.165) is 23.4 Å². The van der Waals surface area contributed by atoms with Gasteiger partial charge in [-0.2, -0.15) is 5.26 Å². The van der Waals surface area contributed by atoms with Crippen molar-refractivity contribution in [3.8, 4) is 23.1 Å². The molecule has 158 valence electrons. The van der Waals surface area contributed by atoms with Gasteiger partial charge in [-0.3, -0.25) is 14.9 Å². The maximum absolute atomic E-state index is 12.4. The average molecular weight is 435 g/mol. The fourth-order valence-corrected chi connectivity index (χ4v) is 3.43. The minimum absolute atomic E-state index is 0.00810. The highest BCUT2D eigenvalue weighted by Crippen LogP contribution is 2.26. The van der Waals surface area contributed by atoms with Crippen LogP contribution in [0.2, 0.25) is 0 Å². The molecule has 3 aromatic rings. The lowest BCUT2D eigenvalue weighted by Crippen LogP contribution is -2.30. The van der Waals surface area contributed by atoms with E-state index in [1.54, 1.807) is 31.2 Å². The summed E-state index contributed by atoms with van der Waals surface area (Å²) in [5, 5.41) is 16.8. The van der Waals surface area contributed by atoms with E-state index < -0.39 is 6.10 Å². The number of nitrogens with zero attached hydrogens (tertiary/aromatic N) is 2. The zero-order valence-electron chi connectivity index (χ0n) is 17.2. The molecular formula is C23H22N4O3S. The van der Waals surface area contributed by atoms with Crippen molar-refractivity contribution < 1.29 is 14.3 Å². The number of hydrogen-bond donors (Lipinski definition) is 2. The number of nitriles is 1. The summed E-state index contributed by atoms with van der Waals surface area (Å²) in [7, 11) is 0. The van der Waals surface area contributed by atoms with E-state index in [0.29, 0.717) is 22.9 Å². The fourth-order valence-electron chi connectivity index (χ4n) is 2.71. The zero-order valence-corrected chi connectivity index (χ0v) is 18.0. The van der Waals surface area contributed by atoms with E-state index >= 15 is 0 Å². The Hall–Kier alpha value is -3.70. The molecular weight excluding hydrogens is 412 g/mol. The van der Waals surface area contributed by atoms with Crippen LogP contribution in [0.3, 0.4) is 0 Å². The number of anilines is 2. The second-order valence-corrected chi connectivity index (χ2v) is 7.66. The third kappa shape index (κ3) is 6.14. The van der Waals surface area contributed by atoms with Crippen LogP contribution in [0.5, 0.6) is 5.75 Å². The fraction of sp³-hybridized carbons (Fsp3) is 0.217. The summed E-state index contributed by atoms with van der Waals surface area (Å²) in [6, 6.07) is 16.0. The van der Waals surface area contributed by atoms with Gasteiger partial charge < -0.3 is 10.1 Å². The predicted octanol–water partition coefficient (Wildman–Crippen LogP) is 4.83. The van der Waals surface area contributed by atoms with Crippen LogP contribution in [-0.2, 0) is 9.59 Å². The number of thiazole rings is 1. The lowest BCUT2D eigenvalue weighted by atomic mass is 10.1. The molecule has 2 amide bonds. The molecule has 1 aromatic heterocycles. The molecule has 0 spiro atoms. The van der Waals surface area contributed by atoms with E-state index in [-0.39, 0.29) is 11.8 Å². The van der Waals surface area contributed by atoms with Crippen LogP contribution in [0.15, 0.2) is 53.9 Å². The van der Waals surface area contributed by atoms with Crippen LogP contribution in [0.25, 0.3) is 11.3 Å². The molecule has 0 fully saturated rings. The highest BCUT2D eigenvalue weighted by molar-refractivity contribution is 7.14. The van der Waals surface area contributed by atoms with Crippen molar-refractivity contribution in [1.29, 1.82) is 5.26 Å². The number of aromatic nitrogens is 1. The quantitative estimate of drug-likeness (QED) is 0.529. The Morgan fingerprint density at radius 2 is 1.84 bits per heavy atom. The maximum Gasteiger partial charge on any atom is 0.266 e. The van der Waals surface area contributed by atoms with E-state index in [9.17, 15) is 9.59 Å². The Morgan fingerprint density at radius 3 is 2.48 bits per heavy atom. The van der Waals surface area contributed by atoms with Crippen molar-refractivity contribution >= 4 is 34.0 Å². The van der Waals surface area contributed by atoms with E-state index in [1.165, 1.54) is 11.3 Å². The number of ether oxygens (including phenoxy) is 1. The number of amides is 2. The first-order valence-corrected chi connectivity index (χ1v) is 10.7. The number of rotatable bonds is 8. The Labute approximate surface area is 184 Å². The van der Waals surface area contributed by atoms with Crippen molar-refractivity contribution in [2.75, 3.05) is 10.6 Å². The van der Waals surface area contributed by atoms with Gasteiger partial charge in [0.25, 0.3) is 5.91 Å². The molecule has 3 rings (SSSR count). The monoisotopic (exact) mass is 434 g/mol. The highest BCUT2D eigenvalue weighted by atomic mass is 32.1. The van der Waals surface area contributed by atoms with Gasteiger partial charge in [0.2, 0.25) is 5.91 Å². The molecule has 2 aromatic carbocycles. The molecule has 0 radical (unpaired) electrons. The largest absolute Gasteiger partial charge is 0.481 e. The van der Waals surface area contributed by atoms with Crippen LogP contribution in [0, 0.1) is 11.3 Å². The number of hydrogen-bond acceptors (Lipinski definition) is 6. The van der Waals surface area contributed by atoms with Gasteiger partial charge in [0.1, 0.15) is 5.75 Å². The van der Waals surface area contributed by atoms with Crippen molar-refractivity contribution in [2.24, 2.45) is 0 Å². The first-order valence-electron chi connectivity index (χ1n) is 9.82. The van der Waals surface area contributed by atoms with Gasteiger partial charge in [0.15, 0.2) is 11.2 Å². The summed E-state index contributed by atoms with van der Waals surface area (Å²) < 4.78 is 5.62. The Morgan fingerprint density at radius 1 is 1.13 bits per heavy atom. The molecule has 31 heavy (non-hydrogen) atoms. The molecule has 0 saturated heterocycles. The summed E-state index contributed by atoms with van der Waals surface area (Å²) in [4.78, 5) is 28.6. The summed E-state index contributed by atoms with van der Waals surface area (Å²) in [5.41, 5.74) is 2.87. The van der Waals surface area contributed by atoms with Crippen LogP contribution in [0.4, 0.5) is 10.8 Å². The van der Waals surface area contributed by atoms with Gasteiger partial charge in [0.05, 0.1) is 17.3 Å². The third-order valence-electron chi connectivity index (χ3n) is 4.34. The normalized spacial score (nSPS) is 11.3. The van der Waals surface area contributed by atoms with Crippen LogP contribution >= 0.6 is 11.3 Å². The molecule has 1 heterocycles. The summed E-state index contributed by atoms with van der Waals surface area (Å²) >= 11 is 1.32. The van der Waals surface area contributed by atoms with Crippen LogP contribution < -0.4 is 15.4 Å². The smallest absolute Gasteiger partial charge is 0.266 e. The molecule has 7 nitrogen and oxygen atoms in total. The zero-order chi connectivity index (χ0) is 22.2. The Balaban J connectivity index is 1.58. The van der Waals surface area contributed by atoms with E-state index in [1.807, 2.05) is 42.6 Å². The minimum atomic E-state index is -0.730. The van der Waals surface area contributed by atoms with Gasteiger partial charge in [-0.25, -0.2) is 4.98 Å². The lowest BCUT2D eigenvalue weighted by Gasteiger charge is -2.13. The van der Waals surface area contributed by atoms with E-state index in [4.69, 9.17) is 10.00 Å². The Bertz CT molecular complexity index is 1090. The van der Waals surface area contributed by atoms with Crippen molar-refractivity contribution in [3.05, 3.63) is 59.5 Å². The molecule has 0 bridgehead atoms. The summed E-state index contributed by atoms with van der Waals surface area (Å²) in [6.07, 6.45) is 0.560. The summed E-state index contributed by atoms with van der Waals surface area (Å²) in [5.74, 6) is 0.179. The predicted molar refractivity (Wildman–Crippen MR) is 121 cm³/mol. The lowest BCUT2D eigenvalue weighted by molar-refractivity contribution is -0.122. The maximum atomic E-state index is 12.4. The first kappa shape index (κ1) is 22.0. The number of carbonyl (C=O) groups excluding carboxylic acids is 2. The molecule has 0 aliphatic rings. The van der Waals surface area contributed by atoms with Gasteiger partial charge in [0, 0.05) is 23.1 Å². The van der Waals surface area contributed by atoms with Crippen molar-refractivity contribution in [3.63, 3.8) is 0 Å². The second-order valence-electron chi connectivity index (χ2n) is 6.80. The minimum Gasteiger partial charge on any atom is -0.481 e. The Kier molecular flexibility index (Phi) is 7.35. The van der Waals surface area contributed by atoms with Crippen molar-refractivity contribution in [2.45, 2.75) is 32.8 Å². The molecule has 0 aliphatic carbocycles. The SMILES string of the molecule is CCCC(=O)Nc1ccc(-c2csc(NC(=O)[C@@H](C)Oc3ccc(C#N)cc3)n2)cc1. The van der Waals surface area contributed by atoms with Crippen molar-refractivity contribution in [1.82, 2.24) is 4.98 Å². The molecule has 8 heteroatoms. The van der Waals surface area contributed by atoms with Gasteiger partial charge in [-0.1, -0.05) is 19.1 Å². The standard InChI is InChI=1S/C23H22N4O3S/c1-3-4-21(28)25-18-9-7-17(8-10-18)20-14-31-23(26-20)27-22(29)15(2)30-19-11-5-16(13-24)6-12-19/h5-12,14-15H,3-4H2,1-2H3,(H,25,28)(H,26,27,29)/t15-/m1/s1. The molecule has 0 aliphatic heterocycles. The summed E-state index contributed by atoms with van der Waals surface area (Å²) in [6.45, 7) is 3.61. The molecule has 0 unspecified atom stereocenters. The number of nitrogens with one attached hydrogen (secondary N) is 2. The van der Waals surface area contributed by atoms with Gasteiger partial charge >= 0.3 is 0 Å². The van der Waals surface area contributed by atoms with Crippen LogP contribution in [-0.4, -0.2) is 22.9 Å². The van der Waals surface area contributed by atoms with E-state index in [2.05, 4.69) is 15.6 Å². The molecule has 2 N–H and O–H groups in total. The van der Waals surface area contributed by atoms with Gasteiger partial charge in [-0.05, 0) is 49.7 Å². The number of benzene rings is 2. The first-order chi connectivity index (χ1) is 15.0. The average Bonchev–Trinajstić information content (AvgIpc) is 3.23. The van der Waals surface area contributed by atoms with Gasteiger partial charge in [-0.15, -0.1) is 11.3 Å². The third-order valence-corrected chi connectivity index (χ3v) is 5.10.